The average Bonchev–Trinajstić information content (AvgIpc) is 2.71. The summed E-state index contributed by atoms with van der Waals surface area (Å²) in [5.41, 5.74) is -3.61. The first kappa shape index (κ1) is 32.4. The number of carboxylic acids is 1. The first-order chi connectivity index (χ1) is 15.9. The van der Waals surface area contributed by atoms with Crippen molar-refractivity contribution in [2.45, 2.75) is 53.6 Å². The van der Waals surface area contributed by atoms with Gasteiger partial charge in [0.05, 0.1) is 5.56 Å². The number of alkyl halides is 19. The molecular weight excluding hydrogens is 585 g/mol. The van der Waals surface area contributed by atoms with Crippen LogP contribution in [0.3, 0.4) is 0 Å². The molecule has 0 spiro atoms. The van der Waals surface area contributed by atoms with Gasteiger partial charge in [0.1, 0.15) is 0 Å². The van der Waals surface area contributed by atoms with E-state index < -0.39 is 82.8 Å². The predicted molar refractivity (Wildman–Crippen MR) is 78.0 cm³/mol. The molecule has 0 heterocycles. The van der Waals surface area contributed by atoms with E-state index in [0.29, 0.717) is 0 Å². The summed E-state index contributed by atoms with van der Waals surface area (Å²) in [5, 5.41) is 8.52. The normalized spacial score (nSPS) is 15.6. The van der Waals surface area contributed by atoms with Crippen molar-refractivity contribution in [1.29, 1.82) is 0 Å². The Labute approximate surface area is 189 Å². The maximum Gasteiger partial charge on any atom is 0.460 e. The number of benzene rings is 1. The molecule has 1 aromatic carbocycles. The lowest BCUT2D eigenvalue weighted by Gasteiger charge is -2.43. The van der Waals surface area contributed by atoms with Gasteiger partial charge in [0.2, 0.25) is 0 Å². The molecule has 0 aliphatic heterocycles. The molecule has 0 amide bonds. The van der Waals surface area contributed by atoms with Crippen LogP contribution in [-0.4, -0.2) is 58.7 Å². The Bertz CT molecular complexity index is 1010. The van der Waals surface area contributed by atoms with Crippen molar-refractivity contribution in [2.75, 3.05) is 0 Å². The Hall–Kier alpha value is -2.64. The van der Waals surface area contributed by atoms with E-state index in [1.54, 1.807) is 0 Å². The Morgan fingerprint density at radius 2 is 0.730 bits per heavy atom. The number of rotatable bonds is 9. The summed E-state index contributed by atoms with van der Waals surface area (Å²) in [7, 11) is 0. The number of hydrogen-bond donors (Lipinski definition) is 1. The smallest absolute Gasteiger partial charge is 0.460 e. The maximum atomic E-state index is 14.0. The van der Waals surface area contributed by atoms with Gasteiger partial charge in [-0.3, -0.25) is 0 Å². The summed E-state index contributed by atoms with van der Waals surface area (Å²) in [6.07, 6.45) is -7.94. The lowest BCUT2D eigenvalue weighted by Crippen LogP contribution is -2.75. The third kappa shape index (κ3) is 4.11. The number of hydrogen-bond acceptors (Lipinski definition) is 1. The second-order valence-electron chi connectivity index (χ2n) is 6.98. The van der Waals surface area contributed by atoms with Crippen LogP contribution in [0.1, 0.15) is 15.9 Å². The molecular formula is C16H5F19O2. The van der Waals surface area contributed by atoms with Crippen LogP contribution in [0.25, 0.3) is 0 Å². The molecule has 0 saturated carbocycles. The van der Waals surface area contributed by atoms with Crippen LogP contribution in [0.15, 0.2) is 24.3 Å². The van der Waals surface area contributed by atoms with Crippen molar-refractivity contribution in [1.82, 2.24) is 0 Å². The summed E-state index contributed by atoms with van der Waals surface area (Å²) in [4.78, 5) is 10.6. The van der Waals surface area contributed by atoms with Crippen molar-refractivity contribution in [3.05, 3.63) is 35.4 Å². The summed E-state index contributed by atoms with van der Waals surface area (Å²) in [6.45, 7) is 0. The topological polar surface area (TPSA) is 37.3 Å². The molecule has 0 aliphatic carbocycles. The molecule has 21 heteroatoms. The molecule has 0 bridgehead atoms. The van der Waals surface area contributed by atoms with Gasteiger partial charge in [-0.2, -0.15) is 83.4 Å². The molecule has 0 saturated heterocycles. The summed E-state index contributed by atoms with van der Waals surface area (Å²) >= 11 is 0. The number of halogens is 19. The molecule has 0 radical (unpaired) electrons. The van der Waals surface area contributed by atoms with E-state index in [1.165, 1.54) is 0 Å². The highest BCUT2D eigenvalue weighted by atomic mass is 19.4. The summed E-state index contributed by atoms with van der Waals surface area (Å²) < 4.78 is 252. The first-order valence-electron chi connectivity index (χ1n) is 8.34. The number of aromatic carboxylic acids is 1. The minimum atomic E-state index is -8.99. The van der Waals surface area contributed by atoms with Crippen LogP contribution >= 0.6 is 0 Å². The summed E-state index contributed by atoms with van der Waals surface area (Å²) in [5.74, 6) is -69.4. The van der Waals surface area contributed by atoms with Crippen LogP contribution in [0.5, 0.6) is 0 Å². The van der Waals surface area contributed by atoms with Crippen LogP contribution in [0.2, 0.25) is 0 Å². The minimum absolute atomic E-state index is 0.0551. The Kier molecular flexibility index (Phi) is 7.38. The molecule has 0 aliphatic rings. The van der Waals surface area contributed by atoms with Gasteiger partial charge < -0.3 is 5.11 Å². The molecule has 1 rings (SSSR count). The highest BCUT2D eigenvalue weighted by Crippen LogP contribution is 2.66. The van der Waals surface area contributed by atoms with Crippen LogP contribution in [-0.2, 0) is 5.92 Å². The molecule has 0 fully saturated rings. The molecule has 214 valence electrons. The van der Waals surface area contributed by atoms with E-state index in [4.69, 9.17) is 5.11 Å². The second kappa shape index (κ2) is 8.43. The average molecular weight is 590 g/mol. The Morgan fingerprint density at radius 3 is 1.00 bits per heavy atom. The molecule has 0 unspecified atom stereocenters. The standard InChI is InChI=1S/C16H5F19O2/c17-8(18,6-3-1-5(2-4-6)7(36)37)9(19,20)10(21,22)11(23,24)12(25,26)13(27,28)14(29,30)15(31,32)16(33,34)35/h1-4H,(H,36,37). The molecule has 1 aromatic rings. The maximum absolute atomic E-state index is 14.0. The zero-order valence-corrected chi connectivity index (χ0v) is 16.3. The first-order valence-corrected chi connectivity index (χ1v) is 8.34. The van der Waals surface area contributed by atoms with E-state index in [2.05, 4.69) is 0 Å². The second-order valence-corrected chi connectivity index (χ2v) is 6.98. The van der Waals surface area contributed by atoms with Crippen molar-refractivity contribution in [3.63, 3.8) is 0 Å². The fourth-order valence-electron chi connectivity index (χ4n) is 2.36. The van der Waals surface area contributed by atoms with Crippen molar-refractivity contribution < 1.29 is 93.3 Å². The lowest BCUT2D eigenvalue weighted by molar-refractivity contribution is -0.469. The lowest BCUT2D eigenvalue weighted by atomic mass is 9.86. The zero-order chi connectivity index (χ0) is 30.1. The third-order valence-corrected chi connectivity index (χ3v) is 4.61. The van der Waals surface area contributed by atoms with Gasteiger partial charge in [-0.25, -0.2) is 4.79 Å². The minimum Gasteiger partial charge on any atom is -0.478 e. The van der Waals surface area contributed by atoms with Gasteiger partial charge in [-0.15, -0.1) is 0 Å². The molecule has 2 nitrogen and oxygen atoms in total. The van der Waals surface area contributed by atoms with Gasteiger partial charge in [-0.05, 0) is 12.1 Å². The largest absolute Gasteiger partial charge is 0.478 e. The van der Waals surface area contributed by atoms with E-state index in [1.807, 2.05) is 0 Å². The fourth-order valence-corrected chi connectivity index (χ4v) is 2.36. The molecule has 0 aromatic heterocycles. The van der Waals surface area contributed by atoms with Gasteiger partial charge in [0.15, 0.2) is 0 Å². The molecule has 37 heavy (non-hydrogen) atoms. The van der Waals surface area contributed by atoms with Crippen LogP contribution in [0, 0.1) is 0 Å². The third-order valence-electron chi connectivity index (χ3n) is 4.61. The highest BCUT2D eigenvalue weighted by Gasteiger charge is 2.96. The van der Waals surface area contributed by atoms with Crippen molar-refractivity contribution >= 4 is 5.97 Å². The number of carboxylic acid groups (broad SMARTS) is 1. The quantitative estimate of drug-likeness (QED) is 0.303. The van der Waals surface area contributed by atoms with Crippen LogP contribution < -0.4 is 0 Å². The fraction of sp³-hybridized carbons (Fsp3) is 0.562. The van der Waals surface area contributed by atoms with E-state index >= 15 is 0 Å². The molecule has 0 atom stereocenters. The van der Waals surface area contributed by atoms with Crippen molar-refractivity contribution in [2.24, 2.45) is 0 Å². The van der Waals surface area contributed by atoms with Gasteiger partial charge >= 0.3 is 59.5 Å². The zero-order valence-electron chi connectivity index (χ0n) is 16.3. The van der Waals surface area contributed by atoms with Gasteiger partial charge in [-0.1, -0.05) is 12.1 Å². The van der Waals surface area contributed by atoms with E-state index in [-0.39, 0.29) is 12.1 Å². The van der Waals surface area contributed by atoms with E-state index in [0.717, 1.165) is 0 Å². The Morgan fingerprint density at radius 1 is 0.459 bits per heavy atom. The van der Waals surface area contributed by atoms with Crippen LogP contribution in [0.4, 0.5) is 83.4 Å². The highest BCUT2D eigenvalue weighted by molar-refractivity contribution is 5.87. The summed E-state index contributed by atoms with van der Waals surface area (Å²) in [6, 6.07) is -1.06. The SMILES string of the molecule is O=C(O)c1ccc(C(F)(F)C(F)(F)C(F)(F)C(F)(F)C(F)(F)C(F)(F)C(F)(F)C(F)(F)C(F)(F)F)cc1. The number of carbonyl (C=O) groups is 1. The van der Waals surface area contributed by atoms with Gasteiger partial charge in [0.25, 0.3) is 0 Å². The monoisotopic (exact) mass is 590 g/mol. The predicted octanol–water partition coefficient (Wildman–Crippen LogP) is 7.49. The van der Waals surface area contributed by atoms with E-state index in [9.17, 15) is 88.2 Å². The van der Waals surface area contributed by atoms with Gasteiger partial charge in [0, 0.05) is 5.56 Å². The molecule has 1 N–H and O–H groups in total. The van der Waals surface area contributed by atoms with Crippen molar-refractivity contribution in [3.8, 4) is 0 Å². The Balaban J connectivity index is 3.75.